The van der Waals surface area contributed by atoms with Crippen LogP contribution in [0, 0.1) is 0 Å². The first kappa shape index (κ1) is 32.6. The number of hydrogen-bond acceptors (Lipinski definition) is 9. The summed E-state index contributed by atoms with van der Waals surface area (Å²) in [6.45, 7) is 1.61. The minimum absolute atomic E-state index is 0.273. The van der Waals surface area contributed by atoms with Crippen molar-refractivity contribution in [2.45, 2.75) is 44.3 Å². The van der Waals surface area contributed by atoms with E-state index in [1.807, 2.05) is 0 Å². The van der Waals surface area contributed by atoms with Crippen molar-refractivity contribution >= 4 is 41.8 Å². The molecule has 1 atom stereocenters. The molecule has 182 valence electrons. The number of aliphatic hydroxyl groups is 2. The first-order valence-electron chi connectivity index (χ1n) is 8.08. The maximum atomic E-state index is 10.3. The molecule has 0 heterocycles. The molecule has 0 saturated heterocycles. The van der Waals surface area contributed by atoms with Crippen LogP contribution in [0.25, 0.3) is 0 Å². The van der Waals surface area contributed by atoms with Gasteiger partial charge in [-0.1, -0.05) is 6.92 Å². The Bertz CT molecular complexity index is 733. The molecule has 0 aliphatic rings. The summed E-state index contributed by atoms with van der Waals surface area (Å²) in [6.07, 6.45) is -3.64. The monoisotopic (exact) mass is 470 g/mol. The zero-order chi connectivity index (χ0) is 26.2. The number of aliphatic hydroxyl groups excluding tert-OH is 1. The van der Waals surface area contributed by atoms with E-state index in [-0.39, 0.29) is 6.42 Å². The normalized spacial score (nSPS) is 11.4. The Morgan fingerprint density at radius 3 is 1.34 bits per heavy atom. The van der Waals surface area contributed by atoms with Crippen molar-refractivity contribution in [3.63, 3.8) is 0 Å². The van der Waals surface area contributed by atoms with E-state index in [1.165, 1.54) is 0 Å². The SMILES string of the molecule is CCC(O)C(=O)O.O=C(O)C=C(CC(=O)O)C(=O)O.O=C(O)CC(O)(CC(=O)O)C(=O)O. The lowest BCUT2D eigenvalue weighted by molar-refractivity contribution is -0.170. The smallest absolute Gasteiger partial charge is 0.336 e. The molecule has 0 aliphatic heterocycles. The van der Waals surface area contributed by atoms with Crippen molar-refractivity contribution in [3.05, 3.63) is 11.6 Å². The third-order valence-electron chi connectivity index (χ3n) is 2.87. The van der Waals surface area contributed by atoms with E-state index in [0.29, 0.717) is 6.08 Å². The van der Waals surface area contributed by atoms with Crippen molar-refractivity contribution in [1.82, 2.24) is 0 Å². The Kier molecular flexibility index (Phi) is 16.0. The van der Waals surface area contributed by atoms with Crippen LogP contribution in [-0.2, 0) is 33.6 Å². The van der Waals surface area contributed by atoms with Gasteiger partial charge in [-0.05, 0) is 6.42 Å². The predicted octanol–water partition coefficient (Wildman–Crippen LogP) is -1.85. The van der Waals surface area contributed by atoms with Crippen molar-refractivity contribution in [2.24, 2.45) is 0 Å². The summed E-state index contributed by atoms with van der Waals surface area (Å²) in [7, 11) is 0. The number of rotatable bonds is 11. The highest BCUT2D eigenvalue weighted by molar-refractivity contribution is 5.98. The van der Waals surface area contributed by atoms with Crippen molar-refractivity contribution in [2.75, 3.05) is 0 Å². The zero-order valence-corrected chi connectivity index (χ0v) is 16.4. The summed E-state index contributed by atoms with van der Waals surface area (Å²) in [5.74, 6) is -10.6. The summed E-state index contributed by atoms with van der Waals surface area (Å²) < 4.78 is 0. The molecule has 9 N–H and O–H groups in total. The Morgan fingerprint density at radius 2 is 1.19 bits per heavy atom. The van der Waals surface area contributed by atoms with Gasteiger partial charge < -0.3 is 46.0 Å². The summed E-state index contributed by atoms with van der Waals surface area (Å²) in [4.78, 5) is 70.3. The van der Waals surface area contributed by atoms with Gasteiger partial charge in [-0.3, -0.25) is 14.4 Å². The van der Waals surface area contributed by atoms with Gasteiger partial charge in [0.15, 0.2) is 11.7 Å². The highest BCUT2D eigenvalue weighted by Crippen LogP contribution is 2.15. The average molecular weight is 470 g/mol. The molecule has 1 unspecified atom stereocenters. The Hall–Kier alpha value is -4.05. The molecule has 0 aliphatic carbocycles. The molecule has 0 amide bonds. The second kappa shape index (κ2) is 15.7. The number of carboxylic acid groups (broad SMARTS) is 7. The van der Waals surface area contributed by atoms with Gasteiger partial charge in [0.1, 0.15) is 0 Å². The van der Waals surface area contributed by atoms with Crippen LogP contribution >= 0.6 is 0 Å². The van der Waals surface area contributed by atoms with E-state index in [0.717, 1.165) is 0 Å². The standard InChI is InChI=1S/C6H8O7.C6H6O6.C4H8O3/c7-3(8)1-6(13,5(11)12)2-4(9)10;7-4(8)1-3(6(11)12)2-5(9)10;1-2-3(5)4(6)7/h13H,1-2H2,(H,7,8)(H,9,10)(H,11,12);1H,2H2,(H,7,8)(H,9,10)(H,11,12);3,5H,2H2,1H3,(H,6,7). The fraction of sp³-hybridized carbons (Fsp3) is 0.438. The van der Waals surface area contributed by atoms with Gasteiger partial charge in [0.05, 0.1) is 24.8 Å². The average Bonchev–Trinajstić information content (AvgIpc) is 2.59. The highest BCUT2D eigenvalue weighted by atomic mass is 16.4. The Balaban J connectivity index is -0.000000412. The lowest BCUT2D eigenvalue weighted by atomic mass is 9.96. The highest BCUT2D eigenvalue weighted by Gasteiger charge is 2.40. The summed E-state index contributed by atoms with van der Waals surface area (Å²) in [6, 6.07) is 0. The molecule has 16 nitrogen and oxygen atoms in total. The first-order valence-corrected chi connectivity index (χ1v) is 8.08. The van der Waals surface area contributed by atoms with E-state index in [9.17, 15) is 33.6 Å². The molecule has 0 aromatic rings. The number of hydrogen-bond donors (Lipinski definition) is 9. The van der Waals surface area contributed by atoms with Crippen molar-refractivity contribution in [1.29, 1.82) is 0 Å². The topological polar surface area (TPSA) is 302 Å². The van der Waals surface area contributed by atoms with Crippen molar-refractivity contribution in [3.8, 4) is 0 Å². The van der Waals surface area contributed by atoms with Crippen LogP contribution < -0.4 is 0 Å². The van der Waals surface area contributed by atoms with E-state index < -0.39 is 78.3 Å². The molecular formula is C16H22O16. The number of carbonyl (C=O) groups is 7. The minimum atomic E-state index is -2.74. The van der Waals surface area contributed by atoms with Crippen LogP contribution in [0.5, 0.6) is 0 Å². The van der Waals surface area contributed by atoms with Crippen LogP contribution in [0.1, 0.15) is 32.6 Å². The van der Waals surface area contributed by atoms with Gasteiger partial charge in [0.2, 0.25) is 0 Å². The Morgan fingerprint density at radius 1 is 0.781 bits per heavy atom. The molecule has 0 aromatic heterocycles. The second-order valence-corrected chi connectivity index (χ2v) is 5.62. The van der Waals surface area contributed by atoms with Gasteiger partial charge >= 0.3 is 41.8 Å². The summed E-state index contributed by atoms with van der Waals surface area (Å²) in [5, 5.41) is 74.6. The molecule has 32 heavy (non-hydrogen) atoms. The van der Waals surface area contributed by atoms with Gasteiger partial charge in [-0.2, -0.15) is 0 Å². The van der Waals surface area contributed by atoms with Gasteiger partial charge in [0, 0.05) is 6.08 Å². The molecule has 0 spiro atoms. The third-order valence-corrected chi connectivity index (χ3v) is 2.87. The van der Waals surface area contributed by atoms with Gasteiger partial charge in [-0.25, -0.2) is 19.2 Å². The maximum Gasteiger partial charge on any atom is 0.336 e. The molecule has 0 fully saturated rings. The maximum absolute atomic E-state index is 10.3. The first-order chi connectivity index (χ1) is 14.4. The van der Waals surface area contributed by atoms with E-state index in [1.54, 1.807) is 6.92 Å². The largest absolute Gasteiger partial charge is 0.481 e. The molecule has 0 aromatic carbocycles. The zero-order valence-electron chi connectivity index (χ0n) is 16.4. The quantitative estimate of drug-likeness (QED) is 0.150. The molecule has 0 bridgehead atoms. The van der Waals surface area contributed by atoms with Crippen LogP contribution in [0.15, 0.2) is 11.6 Å². The van der Waals surface area contributed by atoms with E-state index >= 15 is 0 Å². The lowest BCUT2D eigenvalue weighted by Gasteiger charge is -2.18. The van der Waals surface area contributed by atoms with Crippen molar-refractivity contribution < 1.29 is 79.5 Å². The summed E-state index contributed by atoms with van der Waals surface area (Å²) >= 11 is 0. The fourth-order valence-electron chi connectivity index (χ4n) is 1.39. The van der Waals surface area contributed by atoms with Gasteiger partial charge in [0.25, 0.3) is 0 Å². The second-order valence-electron chi connectivity index (χ2n) is 5.62. The predicted molar refractivity (Wildman–Crippen MR) is 96.6 cm³/mol. The Labute approximate surface area is 178 Å². The van der Waals surface area contributed by atoms with Gasteiger partial charge in [-0.15, -0.1) is 0 Å². The fourth-order valence-corrected chi connectivity index (χ4v) is 1.39. The third kappa shape index (κ3) is 18.0. The van der Waals surface area contributed by atoms with Crippen LogP contribution in [0.2, 0.25) is 0 Å². The molecular weight excluding hydrogens is 448 g/mol. The minimum Gasteiger partial charge on any atom is -0.481 e. The molecule has 0 radical (unpaired) electrons. The van der Waals surface area contributed by atoms with Crippen LogP contribution in [0.3, 0.4) is 0 Å². The summed E-state index contributed by atoms with van der Waals surface area (Å²) in [5.41, 5.74) is -3.40. The number of carboxylic acids is 7. The van der Waals surface area contributed by atoms with Crippen LogP contribution in [0.4, 0.5) is 0 Å². The number of aliphatic carboxylic acids is 7. The molecule has 16 heteroatoms. The van der Waals surface area contributed by atoms with Crippen LogP contribution in [-0.4, -0.2) is 99.4 Å². The van der Waals surface area contributed by atoms with E-state index in [4.69, 9.17) is 46.0 Å². The lowest BCUT2D eigenvalue weighted by Crippen LogP contribution is -2.42. The molecule has 0 saturated carbocycles. The van der Waals surface area contributed by atoms with E-state index in [2.05, 4.69) is 0 Å². The molecule has 0 rings (SSSR count).